The average Bonchev–Trinajstić information content (AvgIpc) is 3.48. The highest BCUT2D eigenvalue weighted by Gasteiger charge is 2.17. The summed E-state index contributed by atoms with van der Waals surface area (Å²) in [6.45, 7) is 0. The number of nitrogens with zero attached hydrogens (tertiary/aromatic N) is 4. The summed E-state index contributed by atoms with van der Waals surface area (Å²) in [5.74, 6) is 1.93. The maximum Gasteiger partial charge on any atom is 0.164 e. The van der Waals surface area contributed by atoms with Gasteiger partial charge in [0.25, 0.3) is 0 Å². The molecular weight excluding hydrogens is 552 g/mol. The Balaban J connectivity index is 1.22. The minimum absolute atomic E-state index is 0.636. The van der Waals surface area contributed by atoms with Gasteiger partial charge in [-0.2, -0.15) is 0 Å². The SMILES string of the molecule is c1ccc(-c2nc(-c3ccccc3)nc(-c3ccc4c(-c5cccc6oc7cc8cccnc8cc7c56)cccc4c3)n2)cc1. The third kappa shape index (κ3) is 4.33. The van der Waals surface area contributed by atoms with E-state index >= 15 is 0 Å². The number of pyridine rings is 1. The Kier molecular flexibility index (Phi) is 5.74. The predicted octanol–water partition coefficient (Wildman–Crippen LogP) is 10.1. The summed E-state index contributed by atoms with van der Waals surface area (Å²) in [4.78, 5) is 19.3. The van der Waals surface area contributed by atoms with Gasteiger partial charge < -0.3 is 4.42 Å². The second-order valence-corrected chi connectivity index (χ2v) is 11.1. The number of hydrogen-bond acceptors (Lipinski definition) is 5. The third-order valence-corrected chi connectivity index (χ3v) is 8.35. The molecule has 0 amide bonds. The zero-order chi connectivity index (χ0) is 29.7. The molecule has 0 atom stereocenters. The van der Waals surface area contributed by atoms with Crippen LogP contribution in [0.5, 0.6) is 0 Å². The molecule has 0 saturated carbocycles. The van der Waals surface area contributed by atoms with Crippen LogP contribution in [0.2, 0.25) is 0 Å². The first-order valence-electron chi connectivity index (χ1n) is 14.9. The standard InChI is InChI=1S/C40H24N4O/c1-3-10-25(11-4-1)38-42-39(26-12-5-2-6-13-26)44-40(43-38)29-19-20-30-27(22-29)14-7-16-31(30)32-17-8-18-35-37(32)33-24-34-28(15-9-21-41-34)23-36(33)45-35/h1-24H. The maximum absolute atomic E-state index is 6.36. The average molecular weight is 577 g/mol. The van der Waals surface area contributed by atoms with E-state index in [-0.39, 0.29) is 0 Å². The van der Waals surface area contributed by atoms with Crippen molar-refractivity contribution in [2.24, 2.45) is 0 Å². The van der Waals surface area contributed by atoms with Crippen molar-refractivity contribution in [1.82, 2.24) is 19.9 Å². The second kappa shape index (κ2) is 10.2. The van der Waals surface area contributed by atoms with Crippen LogP contribution in [-0.2, 0) is 0 Å². The summed E-state index contributed by atoms with van der Waals surface area (Å²) >= 11 is 0. The van der Waals surface area contributed by atoms with Gasteiger partial charge in [0.1, 0.15) is 11.2 Å². The normalized spacial score (nSPS) is 11.6. The number of rotatable bonds is 4. The zero-order valence-electron chi connectivity index (χ0n) is 24.1. The molecule has 45 heavy (non-hydrogen) atoms. The maximum atomic E-state index is 6.36. The van der Waals surface area contributed by atoms with Gasteiger partial charge in [0.15, 0.2) is 17.5 Å². The first-order chi connectivity index (χ1) is 22.3. The first kappa shape index (κ1) is 25.3. The summed E-state index contributed by atoms with van der Waals surface area (Å²) in [6, 6.07) is 47.5. The van der Waals surface area contributed by atoms with Crippen molar-refractivity contribution in [1.29, 1.82) is 0 Å². The highest BCUT2D eigenvalue weighted by Crippen LogP contribution is 2.41. The molecule has 3 heterocycles. The van der Waals surface area contributed by atoms with Crippen molar-refractivity contribution in [3.05, 3.63) is 146 Å². The van der Waals surface area contributed by atoms with E-state index in [0.29, 0.717) is 17.5 Å². The summed E-state index contributed by atoms with van der Waals surface area (Å²) in [5.41, 5.74) is 7.76. The molecule has 0 unspecified atom stereocenters. The van der Waals surface area contributed by atoms with Gasteiger partial charge >= 0.3 is 0 Å². The molecule has 9 aromatic rings. The van der Waals surface area contributed by atoms with Crippen LogP contribution in [-0.4, -0.2) is 19.9 Å². The molecule has 0 fully saturated rings. The fraction of sp³-hybridized carbons (Fsp3) is 0. The van der Waals surface area contributed by atoms with Gasteiger partial charge in [-0.05, 0) is 52.2 Å². The van der Waals surface area contributed by atoms with E-state index in [9.17, 15) is 0 Å². The highest BCUT2D eigenvalue weighted by atomic mass is 16.3. The van der Waals surface area contributed by atoms with Gasteiger partial charge in [-0.3, -0.25) is 4.98 Å². The van der Waals surface area contributed by atoms with E-state index in [2.05, 4.69) is 71.7 Å². The Bertz CT molecular complexity index is 2480. The number of furan rings is 1. The molecule has 3 aromatic heterocycles. The lowest BCUT2D eigenvalue weighted by Gasteiger charge is -2.11. The van der Waals surface area contributed by atoms with Crippen LogP contribution in [0.15, 0.2) is 150 Å². The quantitative estimate of drug-likeness (QED) is 0.209. The fourth-order valence-corrected chi connectivity index (χ4v) is 6.21. The van der Waals surface area contributed by atoms with Crippen LogP contribution >= 0.6 is 0 Å². The minimum Gasteiger partial charge on any atom is -0.456 e. The van der Waals surface area contributed by atoms with Crippen molar-refractivity contribution >= 4 is 43.6 Å². The molecule has 0 bridgehead atoms. The molecule has 9 rings (SSSR count). The summed E-state index contributed by atoms with van der Waals surface area (Å²) in [5, 5.41) is 5.46. The molecule has 0 radical (unpaired) electrons. The van der Waals surface area contributed by atoms with E-state index in [1.807, 2.05) is 79.0 Å². The minimum atomic E-state index is 0.636. The molecule has 0 N–H and O–H groups in total. The Morgan fingerprint density at radius 2 is 1.09 bits per heavy atom. The molecular formula is C40H24N4O. The first-order valence-corrected chi connectivity index (χ1v) is 14.9. The Morgan fingerprint density at radius 3 is 1.84 bits per heavy atom. The molecule has 0 aliphatic carbocycles. The van der Waals surface area contributed by atoms with Crippen molar-refractivity contribution in [2.75, 3.05) is 0 Å². The van der Waals surface area contributed by atoms with E-state index in [1.54, 1.807) is 0 Å². The van der Waals surface area contributed by atoms with Gasteiger partial charge in [0.2, 0.25) is 0 Å². The van der Waals surface area contributed by atoms with Crippen LogP contribution in [0.25, 0.3) is 88.9 Å². The van der Waals surface area contributed by atoms with Crippen LogP contribution in [0.4, 0.5) is 0 Å². The lowest BCUT2D eigenvalue weighted by Crippen LogP contribution is -2.00. The Morgan fingerprint density at radius 1 is 0.422 bits per heavy atom. The number of fused-ring (bicyclic) bond motifs is 5. The van der Waals surface area contributed by atoms with Crippen LogP contribution in [0.3, 0.4) is 0 Å². The smallest absolute Gasteiger partial charge is 0.164 e. The van der Waals surface area contributed by atoms with Gasteiger partial charge in [-0.1, -0.05) is 109 Å². The van der Waals surface area contributed by atoms with E-state index in [4.69, 9.17) is 19.4 Å². The summed E-state index contributed by atoms with van der Waals surface area (Å²) in [7, 11) is 0. The van der Waals surface area contributed by atoms with Crippen LogP contribution in [0, 0.1) is 0 Å². The molecule has 6 aromatic carbocycles. The molecule has 5 nitrogen and oxygen atoms in total. The monoisotopic (exact) mass is 576 g/mol. The molecule has 0 aliphatic rings. The lowest BCUT2D eigenvalue weighted by molar-refractivity contribution is 0.669. The zero-order valence-corrected chi connectivity index (χ0v) is 24.1. The summed E-state index contributed by atoms with van der Waals surface area (Å²) < 4.78 is 6.36. The highest BCUT2D eigenvalue weighted by molar-refractivity contribution is 6.17. The molecule has 0 aliphatic heterocycles. The summed E-state index contributed by atoms with van der Waals surface area (Å²) in [6.07, 6.45) is 1.83. The van der Waals surface area contributed by atoms with Crippen molar-refractivity contribution in [2.45, 2.75) is 0 Å². The third-order valence-electron chi connectivity index (χ3n) is 8.35. The molecule has 5 heteroatoms. The van der Waals surface area contributed by atoms with Crippen molar-refractivity contribution in [3.63, 3.8) is 0 Å². The van der Waals surface area contributed by atoms with Crippen molar-refractivity contribution < 1.29 is 4.42 Å². The van der Waals surface area contributed by atoms with E-state index < -0.39 is 0 Å². The number of aromatic nitrogens is 4. The van der Waals surface area contributed by atoms with Gasteiger partial charge in [0, 0.05) is 39.0 Å². The topological polar surface area (TPSA) is 64.7 Å². The molecule has 0 spiro atoms. The Labute approximate surface area is 258 Å². The van der Waals surface area contributed by atoms with Crippen molar-refractivity contribution in [3.8, 4) is 45.3 Å². The molecule has 0 saturated heterocycles. The largest absolute Gasteiger partial charge is 0.456 e. The van der Waals surface area contributed by atoms with Gasteiger partial charge in [0.05, 0.1) is 5.52 Å². The number of hydrogen-bond donors (Lipinski definition) is 0. The number of benzene rings is 6. The van der Waals surface area contributed by atoms with Gasteiger partial charge in [-0.25, -0.2) is 15.0 Å². The lowest BCUT2D eigenvalue weighted by atomic mass is 9.93. The van der Waals surface area contributed by atoms with Crippen LogP contribution < -0.4 is 0 Å². The van der Waals surface area contributed by atoms with E-state index in [0.717, 1.165) is 71.4 Å². The van der Waals surface area contributed by atoms with Crippen LogP contribution in [0.1, 0.15) is 0 Å². The Hall–Kier alpha value is -6.20. The molecule has 210 valence electrons. The second-order valence-electron chi connectivity index (χ2n) is 11.1. The predicted molar refractivity (Wildman–Crippen MR) is 182 cm³/mol. The van der Waals surface area contributed by atoms with E-state index in [1.165, 1.54) is 0 Å². The van der Waals surface area contributed by atoms with Gasteiger partial charge in [-0.15, -0.1) is 0 Å². The fourth-order valence-electron chi connectivity index (χ4n) is 6.21.